The van der Waals surface area contributed by atoms with Crippen LogP contribution in [0.2, 0.25) is 0 Å². The Morgan fingerprint density at radius 2 is 2.00 bits per heavy atom. The number of rotatable bonds is 3. The third-order valence-corrected chi connectivity index (χ3v) is 3.73. The lowest BCUT2D eigenvalue weighted by molar-refractivity contribution is 0.0650. The number of alkyl halides is 1. The highest BCUT2D eigenvalue weighted by Gasteiger charge is 2.23. The van der Waals surface area contributed by atoms with Crippen LogP contribution in [0.15, 0.2) is 18.2 Å². The van der Waals surface area contributed by atoms with Crippen LogP contribution >= 0.6 is 11.6 Å². The van der Waals surface area contributed by atoms with Crippen LogP contribution in [-0.4, -0.2) is 18.6 Å². The Labute approximate surface area is 105 Å². The van der Waals surface area contributed by atoms with E-state index < -0.39 is 11.6 Å². The average Bonchev–Trinajstić information content (AvgIpc) is 2.36. The van der Waals surface area contributed by atoms with Crippen LogP contribution in [0.1, 0.15) is 18.4 Å². The Hall–Kier alpha value is -0.670. The molecule has 1 aromatic rings. The quantitative estimate of drug-likeness (QED) is 0.756. The molecule has 1 heterocycles. The third-order valence-electron chi connectivity index (χ3n) is 3.22. The zero-order chi connectivity index (χ0) is 12.3. The van der Waals surface area contributed by atoms with Crippen molar-refractivity contribution in [2.75, 3.05) is 13.2 Å². The van der Waals surface area contributed by atoms with Crippen molar-refractivity contribution in [3.05, 3.63) is 35.4 Å². The van der Waals surface area contributed by atoms with Crippen LogP contribution in [0.25, 0.3) is 0 Å². The minimum atomic E-state index is -0.807. The van der Waals surface area contributed by atoms with E-state index in [0.29, 0.717) is 31.1 Å². The van der Waals surface area contributed by atoms with Crippen molar-refractivity contribution < 1.29 is 13.5 Å². The number of ether oxygens (including phenoxy) is 1. The summed E-state index contributed by atoms with van der Waals surface area (Å²) in [4.78, 5) is 0. The van der Waals surface area contributed by atoms with Crippen LogP contribution in [-0.2, 0) is 11.2 Å². The first-order chi connectivity index (χ1) is 8.18. The molecule has 0 radical (unpaired) electrons. The van der Waals surface area contributed by atoms with Gasteiger partial charge >= 0.3 is 0 Å². The monoisotopic (exact) mass is 260 g/mol. The summed E-state index contributed by atoms with van der Waals surface area (Å²) in [6.07, 6.45) is 2.16. The lowest BCUT2D eigenvalue weighted by Crippen LogP contribution is -2.25. The highest BCUT2D eigenvalue weighted by molar-refractivity contribution is 6.20. The highest BCUT2D eigenvalue weighted by atomic mass is 35.5. The van der Waals surface area contributed by atoms with E-state index >= 15 is 0 Å². The summed E-state index contributed by atoms with van der Waals surface area (Å²) < 4.78 is 31.8. The van der Waals surface area contributed by atoms with Gasteiger partial charge in [0.2, 0.25) is 0 Å². The van der Waals surface area contributed by atoms with Gasteiger partial charge < -0.3 is 4.74 Å². The van der Waals surface area contributed by atoms with Crippen LogP contribution in [0, 0.1) is 17.6 Å². The Balaban J connectivity index is 2.01. The summed E-state index contributed by atoms with van der Waals surface area (Å²) in [6.45, 7) is 1.42. The molecular formula is C13H15ClF2O. The lowest BCUT2D eigenvalue weighted by Gasteiger charge is -2.26. The number of halogens is 3. The normalized spacial score (nSPS) is 19.2. The van der Waals surface area contributed by atoms with E-state index in [-0.39, 0.29) is 5.38 Å². The first-order valence-electron chi connectivity index (χ1n) is 5.83. The van der Waals surface area contributed by atoms with Crippen molar-refractivity contribution in [1.82, 2.24) is 0 Å². The van der Waals surface area contributed by atoms with Gasteiger partial charge in [0.05, 0.1) is 0 Å². The Kier molecular flexibility index (Phi) is 4.35. The van der Waals surface area contributed by atoms with Gasteiger partial charge in [-0.05, 0) is 36.8 Å². The van der Waals surface area contributed by atoms with Crippen LogP contribution in [0.3, 0.4) is 0 Å². The molecule has 0 bridgehead atoms. The predicted octanol–water partition coefficient (Wildman–Crippen LogP) is 3.54. The van der Waals surface area contributed by atoms with Crippen LogP contribution in [0.4, 0.5) is 8.78 Å². The zero-order valence-corrected chi connectivity index (χ0v) is 10.2. The molecule has 1 saturated heterocycles. The Morgan fingerprint density at radius 1 is 1.29 bits per heavy atom. The van der Waals surface area contributed by atoms with E-state index in [1.165, 1.54) is 6.07 Å². The fourth-order valence-corrected chi connectivity index (χ4v) is 2.58. The second-order valence-electron chi connectivity index (χ2n) is 4.38. The third kappa shape index (κ3) is 3.17. The Morgan fingerprint density at radius 3 is 2.71 bits per heavy atom. The molecule has 1 aliphatic rings. The number of benzene rings is 1. The molecule has 0 spiro atoms. The van der Waals surface area contributed by atoms with Crippen LogP contribution in [0.5, 0.6) is 0 Å². The first kappa shape index (κ1) is 12.8. The van der Waals surface area contributed by atoms with Gasteiger partial charge in [0.15, 0.2) is 11.6 Å². The fourth-order valence-electron chi connectivity index (χ4n) is 2.16. The second kappa shape index (κ2) is 5.78. The van der Waals surface area contributed by atoms with E-state index in [2.05, 4.69) is 0 Å². The van der Waals surface area contributed by atoms with Crippen molar-refractivity contribution in [3.63, 3.8) is 0 Å². The van der Waals surface area contributed by atoms with Gasteiger partial charge in [0.1, 0.15) is 0 Å². The maximum absolute atomic E-state index is 13.5. The van der Waals surface area contributed by atoms with Gasteiger partial charge in [-0.3, -0.25) is 0 Å². The molecule has 0 amide bonds. The number of hydrogen-bond acceptors (Lipinski definition) is 1. The van der Waals surface area contributed by atoms with E-state index in [9.17, 15) is 8.78 Å². The van der Waals surface area contributed by atoms with E-state index in [0.717, 1.165) is 18.9 Å². The highest BCUT2D eigenvalue weighted by Crippen LogP contribution is 2.26. The molecule has 1 aromatic carbocycles. The summed E-state index contributed by atoms with van der Waals surface area (Å²) in [7, 11) is 0. The molecule has 1 unspecified atom stereocenters. The summed E-state index contributed by atoms with van der Waals surface area (Å²) in [5.41, 5.74) is 0.358. The molecule has 17 heavy (non-hydrogen) atoms. The molecule has 1 nitrogen and oxygen atoms in total. The smallest absolute Gasteiger partial charge is 0.162 e. The van der Waals surface area contributed by atoms with E-state index in [1.807, 2.05) is 0 Å². The molecule has 0 aromatic heterocycles. The van der Waals surface area contributed by atoms with Gasteiger partial charge in [0, 0.05) is 18.6 Å². The SMILES string of the molecule is Fc1cccc(CC(Cl)C2CCOCC2)c1F. The molecule has 4 heteroatoms. The van der Waals surface area contributed by atoms with Crippen molar-refractivity contribution in [2.45, 2.75) is 24.6 Å². The molecule has 1 fully saturated rings. The van der Waals surface area contributed by atoms with Gasteiger partial charge in [-0.15, -0.1) is 11.6 Å². The van der Waals surface area contributed by atoms with Gasteiger partial charge in [0.25, 0.3) is 0 Å². The predicted molar refractivity (Wildman–Crippen MR) is 63.2 cm³/mol. The minimum absolute atomic E-state index is 0.157. The molecule has 2 rings (SSSR count). The molecule has 0 N–H and O–H groups in total. The summed E-state index contributed by atoms with van der Waals surface area (Å²) in [5, 5.41) is -0.157. The van der Waals surface area contributed by atoms with Gasteiger partial charge in [-0.2, -0.15) is 0 Å². The van der Waals surface area contributed by atoms with Crippen molar-refractivity contribution in [1.29, 1.82) is 0 Å². The van der Waals surface area contributed by atoms with Gasteiger partial charge in [-0.1, -0.05) is 12.1 Å². The van der Waals surface area contributed by atoms with Crippen molar-refractivity contribution >= 4 is 11.6 Å². The van der Waals surface area contributed by atoms with Crippen molar-refractivity contribution in [2.24, 2.45) is 5.92 Å². The molecule has 1 atom stereocenters. The molecular weight excluding hydrogens is 246 g/mol. The first-order valence-corrected chi connectivity index (χ1v) is 6.27. The second-order valence-corrected chi connectivity index (χ2v) is 4.94. The minimum Gasteiger partial charge on any atom is -0.381 e. The molecule has 0 aliphatic carbocycles. The fraction of sp³-hybridized carbons (Fsp3) is 0.538. The number of hydrogen-bond donors (Lipinski definition) is 0. The summed E-state index contributed by atoms with van der Waals surface area (Å²) >= 11 is 6.27. The Bertz CT molecular complexity index is 378. The average molecular weight is 261 g/mol. The molecule has 1 aliphatic heterocycles. The maximum atomic E-state index is 13.5. The largest absolute Gasteiger partial charge is 0.381 e. The van der Waals surface area contributed by atoms with E-state index in [1.54, 1.807) is 6.07 Å². The molecule has 0 saturated carbocycles. The van der Waals surface area contributed by atoms with Gasteiger partial charge in [-0.25, -0.2) is 8.78 Å². The standard InChI is InChI=1S/C13H15ClF2O/c14-11(9-4-6-17-7-5-9)8-10-2-1-3-12(15)13(10)16/h1-3,9,11H,4-8H2. The van der Waals surface area contributed by atoms with E-state index in [4.69, 9.17) is 16.3 Å². The summed E-state index contributed by atoms with van der Waals surface area (Å²) in [6, 6.07) is 4.23. The van der Waals surface area contributed by atoms with Crippen LogP contribution < -0.4 is 0 Å². The zero-order valence-electron chi connectivity index (χ0n) is 9.46. The summed E-state index contributed by atoms with van der Waals surface area (Å²) in [5.74, 6) is -1.25. The maximum Gasteiger partial charge on any atom is 0.162 e. The van der Waals surface area contributed by atoms with Crippen molar-refractivity contribution in [3.8, 4) is 0 Å². The topological polar surface area (TPSA) is 9.23 Å². The lowest BCUT2D eigenvalue weighted by atomic mass is 9.92. The molecule has 94 valence electrons.